The van der Waals surface area contributed by atoms with Crippen LogP contribution in [0.5, 0.6) is 5.75 Å². The van der Waals surface area contributed by atoms with Crippen molar-refractivity contribution in [2.45, 2.75) is 132 Å². The molecule has 386 valence electrons. The number of anilines is 2. The summed E-state index contributed by atoms with van der Waals surface area (Å²) < 4.78 is 21.2. The van der Waals surface area contributed by atoms with E-state index in [-0.39, 0.29) is 56.1 Å². The summed E-state index contributed by atoms with van der Waals surface area (Å²) in [6.45, 7) is 12.0. The van der Waals surface area contributed by atoms with Crippen LogP contribution in [0.15, 0.2) is 64.2 Å². The predicted octanol–water partition coefficient (Wildman–Crippen LogP) is 6.29. The molecule has 2 aromatic heterocycles. The van der Waals surface area contributed by atoms with Gasteiger partial charge < -0.3 is 46.2 Å². The molecular formula is C51H64ClFN10O7S2. The average molecular weight is 1050 g/mol. The Morgan fingerprint density at radius 3 is 2.42 bits per heavy atom. The van der Waals surface area contributed by atoms with E-state index in [0.29, 0.717) is 64.5 Å². The first-order valence-electron chi connectivity index (χ1n) is 24.5. The number of hydrogen-bond acceptors (Lipinski definition) is 14. The molecule has 4 aliphatic rings. The zero-order valence-corrected chi connectivity index (χ0v) is 43.7. The predicted molar refractivity (Wildman–Crippen MR) is 274 cm³/mol. The van der Waals surface area contributed by atoms with Crippen LogP contribution in [-0.4, -0.2) is 128 Å². The monoisotopic (exact) mass is 1050 g/mol. The molecule has 1 aliphatic carbocycles. The van der Waals surface area contributed by atoms with E-state index in [2.05, 4.69) is 42.7 Å². The molecule has 0 radical (unpaired) electrons. The van der Waals surface area contributed by atoms with E-state index < -0.39 is 52.9 Å². The number of aryl methyl sites for hydroxylation is 1. The number of hydrogen-bond donors (Lipinski definition) is 5. The number of nitrogens with one attached hydrogen (secondary N) is 3. The Balaban J connectivity index is 0.837. The maximum Gasteiger partial charge on any atom is 0.258 e. The number of amides is 5. The number of nitrogens with zero attached hydrogens (tertiary/aromatic N) is 6. The lowest BCUT2D eigenvalue weighted by Gasteiger charge is -2.37. The summed E-state index contributed by atoms with van der Waals surface area (Å²) in [5.74, 6) is -1.23. The van der Waals surface area contributed by atoms with Crippen molar-refractivity contribution in [3.63, 3.8) is 0 Å². The molecule has 3 aliphatic heterocycles. The molecule has 4 aromatic rings. The van der Waals surface area contributed by atoms with E-state index in [1.165, 1.54) is 28.0 Å². The molecule has 0 spiro atoms. The molecule has 17 nitrogen and oxygen atoms in total. The minimum Gasteiger partial charge on any atom is -0.493 e. The molecule has 1 saturated carbocycles. The van der Waals surface area contributed by atoms with Gasteiger partial charge in [-0.15, -0.1) is 11.3 Å². The molecule has 0 bridgehead atoms. The van der Waals surface area contributed by atoms with Gasteiger partial charge in [0.15, 0.2) is 5.67 Å². The van der Waals surface area contributed by atoms with Gasteiger partial charge in [-0.3, -0.25) is 24.0 Å². The lowest BCUT2D eigenvalue weighted by Crippen LogP contribution is -2.59. The van der Waals surface area contributed by atoms with Gasteiger partial charge in [0.25, 0.3) is 5.91 Å². The van der Waals surface area contributed by atoms with Crippen molar-refractivity contribution in [3.8, 4) is 16.2 Å². The smallest absolute Gasteiger partial charge is 0.258 e. The number of thiazole rings is 1. The number of carbonyl (C=O) groups is 5. The van der Waals surface area contributed by atoms with E-state index >= 15 is 0 Å². The molecule has 0 unspecified atom stereocenters. The van der Waals surface area contributed by atoms with Crippen LogP contribution >= 0.6 is 34.7 Å². The van der Waals surface area contributed by atoms with Gasteiger partial charge in [-0.05, 0) is 87.5 Å². The zero-order chi connectivity index (χ0) is 51.5. The second-order valence-electron chi connectivity index (χ2n) is 20.9. The van der Waals surface area contributed by atoms with Crippen LogP contribution in [0, 0.1) is 18.3 Å². The SMILES string of the molecule is Cc1ncsc1-c1ccc(CNC(=O)[C@@H]2C[C@@H](O)CN2C(=O)[C@@H](NC(=O)C2(F)CC2)C(C)(C)C)c(OCC2CCN(C(=O)CC(=O)Nc3cccc(Sc4cnc(N5CCC(C)(N)CC5)cn4)c3Cl)CC2)c1. The molecule has 3 atom stereocenters. The van der Waals surface area contributed by atoms with Gasteiger partial charge in [0.2, 0.25) is 23.6 Å². The highest BCUT2D eigenvalue weighted by Crippen LogP contribution is 2.41. The van der Waals surface area contributed by atoms with Crippen molar-refractivity contribution in [2.75, 3.05) is 49.5 Å². The minimum absolute atomic E-state index is 0.00201. The molecule has 6 N–H and O–H groups in total. The van der Waals surface area contributed by atoms with Gasteiger partial charge >= 0.3 is 0 Å². The van der Waals surface area contributed by atoms with Crippen molar-refractivity contribution < 1.29 is 38.2 Å². The van der Waals surface area contributed by atoms with Crippen molar-refractivity contribution >= 4 is 75.7 Å². The first-order valence-corrected chi connectivity index (χ1v) is 26.6. The zero-order valence-electron chi connectivity index (χ0n) is 41.3. The largest absolute Gasteiger partial charge is 0.493 e. The molecule has 3 saturated heterocycles. The Bertz CT molecular complexity index is 2650. The van der Waals surface area contributed by atoms with Crippen LogP contribution in [0.4, 0.5) is 15.9 Å². The summed E-state index contributed by atoms with van der Waals surface area (Å²) in [5, 5.41) is 20.0. The molecule has 5 heterocycles. The van der Waals surface area contributed by atoms with E-state index in [1.807, 2.05) is 31.2 Å². The number of carbonyl (C=O) groups excluding carboxylic acids is 5. The molecular weight excluding hydrogens is 983 g/mol. The number of alkyl halides is 1. The fraction of sp³-hybridized carbons (Fsp3) is 0.529. The first-order chi connectivity index (χ1) is 34.2. The van der Waals surface area contributed by atoms with Gasteiger partial charge in [0.1, 0.15) is 35.1 Å². The lowest BCUT2D eigenvalue weighted by molar-refractivity contribution is -0.145. The van der Waals surface area contributed by atoms with E-state index in [4.69, 9.17) is 22.1 Å². The Labute approximate surface area is 432 Å². The number of rotatable bonds is 16. The number of halogens is 2. The van der Waals surface area contributed by atoms with Crippen LogP contribution < -0.4 is 31.3 Å². The number of benzene rings is 2. The Morgan fingerprint density at radius 1 is 1.03 bits per heavy atom. The molecule has 8 rings (SSSR count). The highest BCUT2D eigenvalue weighted by Gasteiger charge is 2.53. The second-order valence-corrected chi connectivity index (χ2v) is 23.2. The number of aromatic nitrogens is 3. The normalized spacial score (nSPS) is 20.2. The summed E-state index contributed by atoms with van der Waals surface area (Å²) in [6.07, 6.45) is 5.35. The van der Waals surface area contributed by atoms with E-state index in [9.17, 15) is 33.5 Å². The topological polar surface area (TPSA) is 225 Å². The van der Waals surface area contributed by atoms with Crippen LogP contribution in [0.25, 0.3) is 10.4 Å². The summed E-state index contributed by atoms with van der Waals surface area (Å²) >= 11 is 9.59. The van der Waals surface area contributed by atoms with Gasteiger partial charge in [-0.2, -0.15) is 0 Å². The van der Waals surface area contributed by atoms with Gasteiger partial charge in [0.05, 0.1) is 51.9 Å². The quantitative estimate of drug-likeness (QED) is 0.0780. The van der Waals surface area contributed by atoms with E-state index in [1.54, 1.807) is 55.7 Å². The Hall–Kier alpha value is -5.41. The fourth-order valence-electron chi connectivity index (χ4n) is 9.14. The van der Waals surface area contributed by atoms with Crippen LogP contribution in [0.3, 0.4) is 0 Å². The maximum atomic E-state index is 14.7. The molecule has 21 heteroatoms. The highest BCUT2D eigenvalue weighted by molar-refractivity contribution is 7.99. The molecule has 4 fully saturated rings. The third-order valence-electron chi connectivity index (χ3n) is 13.9. The minimum atomic E-state index is -1.99. The number of ether oxygens (including phenoxy) is 1. The summed E-state index contributed by atoms with van der Waals surface area (Å²) in [4.78, 5) is 87.6. The van der Waals surface area contributed by atoms with Gasteiger partial charge in [-0.25, -0.2) is 19.3 Å². The summed E-state index contributed by atoms with van der Waals surface area (Å²) in [7, 11) is 0. The third kappa shape index (κ3) is 12.8. The maximum absolute atomic E-state index is 14.7. The van der Waals surface area contributed by atoms with Crippen molar-refractivity contribution in [1.82, 2.24) is 35.4 Å². The number of piperidine rings is 2. The number of aliphatic hydroxyl groups excluding tert-OH is 1. The van der Waals surface area contributed by atoms with Crippen LogP contribution in [0.1, 0.15) is 90.3 Å². The molecule has 2 aromatic carbocycles. The van der Waals surface area contributed by atoms with Gasteiger partial charge in [-0.1, -0.05) is 62.3 Å². The van der Waals surface area contributed by atoms with Crippen molar-refractivity contribution in [3.05, 3.63) is 70.6 Å². The summed E-state index contributed by atoms with van der Waals surface area (Å²) in [5.41, 5.74) is 7.93. The van der Waals surface area contributed by atoms with Crippen LogP contribution in [0.2, 0.25) is 5.02 Å². The van der Waals surface area contributed by atoms with Gasteiger partial charge in [0, 0.05) is 61.7 Å². The van der Waals surface area contributed by atoms with Crippen molar-refractivity contribution in [2.24, 2.45) is 17.1 Å². The highest BCUT2D eigenvalue weighted by atomic mass is 35.5. The number of nitrogens with two attached hydrogens (primary N) is 1. The fourth-order valence-corrected chi connectivity index (χ4v) is 11.0. The number of aliphatic hydroxyl groups is 1. The van der Waals surface area contributed by atoms with E-state index in [0.717, 1.165) is 47.9 Å². The standard InChI is InChI=1S/C51H64ClFN10O7S2/c1-30-44(71-29-58-30)32-9-10-33(24-57-46(67)36-22-34(64)27-63(36)47(68)45(49(2,3)4)60-48(69)51(53)13-14-51)37(21-32)70-28-31-11-17-62(18-12-31)42(66)23-40(65)59-35-7-6-8-38(43(35)52)72-41-26-55-39(25-56-41)61-19-15-50(5,54)16-20-61/h6-10,21,25-26,29,31,34,36,45,64H,11-20,22-24,27-28,54H2,1-5H3,(H,57,67)(H,59,65)(H,60,69)/t34-,36+,45-/m1/s1. The van der Waals surface area contributed by atoms with Crippen molar-refractivity contribution in [1.29, 1.82) is 0 Å². The summed E-state index contributed by atoms with van der Waals surface area (Å²) in [6, 6.07) is 8.89. The first kappa shape index (κ1) is 52.9. The molecule has 5 amide bonds. The van der Waals surface area contributed by atoms with Crippen LogP contribution in [-0.2, 0) is 30.5 Å². The lowest BCUT2D eigenvalue weighted by atomic mass is 9.85. The number of β-amino-alcohol motifs (C(OH)–C–C–N with tert-alkyl or cyclic N) is 1. The molecule has 72 heavy (non-hydrogen) atoms. The second kappa shape index (κ2) is 22.0. The Kier molecular flexibility index (Phi) is 16.1. The number of likely N-dealkylation sites (tertiary alicyclic amines) is 2. The Morgan fingerprint density at radius 2 is 1.76 bits per heavy atom. The third-order valence-corrected chi connectivity index (χ3v) is 16.4. The average Bonchev–Trinajstić information content (AvgIpc) is 3.75.